The molecule has 1 rings (SSSR count). The van der Waals surface area contributed by atoms with Crippen LogP contribution in [-0.4, -0.2) is 23.9 Å². The number of para-hydroxylation sites is 1. The molecule has 0 spiro atoms. The summed E-state index contributed by atoms with van der Waals surface area (Å²) in [6, 6.07) is 10.4. The number of carbonyl (C=O) groups is 1. The van der Waals surface area contributed by atoms with Crippen LogP contribution in [0.4, 0.5) is 5.69 Å². The van der Waals surface area contributed by atoms with E-state index in [2.05, 4.69) is 18.5 Å². The highest BCUT2D eigenvalue weighted by atomic mass is 16.1. The van der Waals surface area contributed by atoms with Gasteiger partial charge in [0.25, 0.3) is 5.91 Å². The van der Waals surface area contributed by atoms with Crippen molar-refractivity contribution < 1.29 is 4.79 Å². The van der Waals surface area contributed by atoms with Crippen molar-refractivity contribution in [2.45, 2.75) is 0 Å². The quantitative estimate of drug-likeness (QED) is 0.476. The Labute approximate surface area is 130 Å². The summed E-state index contributed by atoms with van der Waals surface area (Å²) >= 11 is 0. The lowest BCUT2D eigenvalue weighted by atomic mass is 10.2. The van der Waals surface area contributed by atoms with Crippen molar-refractivity contribution in [2.24, 2.45) is 0 Å². The maximum absolute atomic E-state index is 12.2. The number of nitrogens with one attached hydrogen (secondary N) is 1. The van der Waals surface area contributed by atoms with E-state index in [1.165, 1.54) is 6.20 Å². The molecule has 0 aliphatic heterocycles. The van der Waals surface area contributed by atoms with E-state index in [0.29, 0.717) is 24.3 Å². The van der Waals surface area contributed by atoms with Crippen LogP contribution in [0.3, 0.4) is 0 Å². The molecule has 0 aliphatic carbocycles. The Balaban J connectivity index is 2.97. The van der Waals surface area contributed by atoms with Gasteiger partial charge in [0.1, 0.15) is 17.7 Å². The summed E-state index contributed by atoms with van der Waals surface area (Å²) in [7, 11) is 0. The van der Waals surface area contributed by atoms with Gasteiger partial charge in [-0.05, 0) is 12.1 Å². The van der Waals surface area contributed by atoms with Crippen molar-refractivity contribution in [3.63, 3.8) is 0 Å². The number of rotatable bonds is 7. The molecule has 0 radical (unpaired) electrons. The summed E-state index contributed by atoms with van der Waals surface area (Å²) < 4.78 is 0. The number of carbonyl (C=O) groups excluding carboxylic acids is 1. The van der Waals surface area contributed by atoms with Crippen LogP contribution in [0.5, 0.6) is 0 Å². The second kappa shape index (κ2) is 8.78. The zero-order valence-corrected chi connectivity index (χ0v) is 12.1. The van der Waals surface area contributed by atoms with Gasteiger partial charge in [0.05, 0.1) is 11.3 Å². The second-order valence-electron chi connectivity index (χ2n) is 4.30. The Morgan fingerprint density at radius 2 is 1.86 bits per heavy atom. The minimum absolute atomic E-state index is 0.0588. The van der Waals surface area contributed by atoms with Gasteiger partial charge in [-0.3, -0.25) is 4.79 Å². The Kier molecular flexibility index (Phi) is 6.68. The van der Waals surface area contributed by atoms with Crippen LogP contribution in [0.15, 0.2) is 61.3 Å². The van der Waals surface area contributed by atoms with E-state index in [4.69, 9.17) is 10.5 Å². The number of hydrogen-bond acceptors (Lipinski definition) is 4. The topological polar surface area (TPSA) is 79.9 Å². The molecule has 1 aromatic carbocycles. The summed E-state index contributed by atoms with van der Waals surface area (Å²) in [4.78, 5) is 13.9. The lowest BCUT2D eigenvalue weighted by molar-refractivity contribution is -0.112. The zero-order chi connectivity index (χ0) is 16.4. The molecular weight excluding hydrogens is 276 g/mol. The summed E-state index contributed by atoms with van der Waals surface area (Å²) in [5.41, 5.74) is 0.647. The van der Waals surface area contributed by atoms with Crippen molar-refractivity contribution in [1.29, 1.82) is 10.5 Å². The van der Waals surface area contributed by atoms with Gasteiger partial charge >= 0.3 is 0 Å². The third-order valence-corrected chi connectivity index (χ3v) is 2.70. The average Bonchev–Trinajstić information content (AvgIpc) is 2.53. The summed E-state index contributed by atoms with van der Waals surface area (Å²) in [6.07, 6.45) is 4.78. The molecule has 5 heteroatoms. The van der Waals surface area contributed by atoms with E-state index in [0.717, 1.165) is 0 Å². The van der Waals surface area contributed by atoms with Gasteiger partial charge in [0.15, 0.2) is 0 Å². The first-order valence-corrected chi connectivity index (χ1v) is 6.54. The summed E-state index contributed by atoms with van der Waals surface area (Å²) in [5.74, 6) is -0.566. The maximum Gasteiger partial charge on any atom is 0.267 e. The van der Waals surface area contributed by atoms with Crippen molar-refractivity contribution >= 4 is 11.6 Å². The Hall–Kier alpha value is -3.31. The molecular formula is C17H16N4O. The molecule has 110 valence electrons. The zero-order valence-electron chi connectivity index (χ0n) is 12.1. The molecule has 1 amide bonds. The predicted octanol–water partition coefficient (Wildman–Crippen LogP) is 2.58. The smallest absolute Gasteiger partial charge is 0.267 e. The van der Waals surface area contributed by atoms with Crippen LogP contribution < -0.4 is 5.32 Å². The second-order valence-corrected chi connectivity index (χ2v) is 4.30. The summed E-state index contributed by atoms with van der Waals surface area (Å²) in [6.45, 7) is 8.22. The molecule has 5 nitrogen and oxygen atoms in total. The molecule has 0 heterocycles. The Morgan fingerprint density at radius 3 is 2.41 bits per heavy atom. The third kappa shape index (κ3) is 4.66. The number of amides is 1. The molecule has 0 atom stereocenters. The van der Waals surface area contributed by atoms with Crippen molar-refractivity contribution in [2.75, 3.05) is 18.4 Å². The number of nitriles is 2. The molecule has 0 bridgehead atoms. The molecule has 0 aliphatic rings. The Bertz CT molecular complexity index is 667. The van der Waals surface area contributed by atoms with Gasteiger partial charge in [-0.15, -0.1) is 13.2 Å². The highest BCUT2D eigenvalue weighted by molar-refractivity contribution is 6.07. The van der Waals surface area contributed by atoms with Crippen LogP contribution in [0.1, 0.15) is 5.56 Å². The largest absolute Gasteiger partial charge is 0.369 e. The molecule has 0 saturated carbocycles. The number of nitrogens with zero attached hydrogens (tertiary/aromatic N) is 3. The Morgan fingerprint density at radius 1 is 1.23 bits per heavy atom. The lowest BCUT2D eigenvalue weighted by Gasteiger charge is -2.16. The fourth-order valence-corrected chi connectivity index (χ4v) is 1.71. The lowest BCUT2D eigenvalue weighted by Crippen LogP contribution is -2.21. The molecule has 0 unspecified atom stereocenters. The highest BCUT2D eigenvalue weighted by Crippen LogP contribution is 2.14. The highest BCUT2D eigenvalue weighted by Gasteiger charge is 2.12. The molecule has 1 aromatic rings. The van der Waals surface area contributed by atoms with Gasteiger partial charge in [-0.1, -0.05) is 24.3 Å². The molecule has 22 heavy (non-hydrogen) atoms. The van der Waals surface area contributed by atoms with Crippen LogP contribution in [0.2, 0.25) is 0 Å². The molecule has 1 N–H and O–H groups in total. The van der Waals surface area contributed by atoms with Gasteiger partial charge in [0.2, 0.25) is 0 Å². The van der Waals surface area contributed by atoms with Crippen LogP contribution in [0.25, 0.3) is 0 Å². The third-order valence-electron chi connectivity index (χ3n) is 2.70. The van der Waals surface area contributed by atoms with Crippen molar-refractivity contribution in [3.8, 4) is 12.1 Å². The number of anilines is 1. The fraction of sp³-hybridized carbons (Fsp3) is 0.118. The minimum atomic E-state index is -0.566. The van der Waals surface area contributed by atoms with Gasteiger partial charge in [0, 0.05) is 19.3 Å². The standard InChI is InChI=1S/C17H16N4O/c1-3-9-21(10-4-2)13-15(12-19)17(22)20-16-8-6-5-7-14(16)11-18/h3-8,13H,1-2,9-10H2,(H,20,22)/b15-13-. The normalized spacial score (nSPS) is 10.0. The van der Waals surface area contributed by atoms with E-state index in [-0.39, 0.29) is 5.57 Å². The number of hydrogen-bond donors (Lipinski definition) is 1. The van der Waals surface area contributed by atoms with Crippen LogP contribution >= 0.6 is 0 Å². The predicted molar refractivity (Wildman–Crippen MR) is 85.4 cm³/mol. The van der Waals surface area contributed by atoms with E-state index in [1.54, 1.807) is 41.3 Å². The molecule has 0 saturated heterocycles. The first-order valence-electron chi connectivity index (χ1n) is 6.54. The molecule has 0 fully saturated rings. The minimum Gasteiger partial charge on any atom is -0.369 e. The van der Waals surface area contributed by atoms with Gasteiger partial charge in [-0.25, -0.2) is 0 Å². The van der Waals surface area contributed by atoms with Crippen LogP contribution in [-0.2, 0) is 4.79 Å². The van der Waals surface area contributed by atoms with Gasteiger partial charge < -0.3 is 10.2 Å². The maximum atomic E-state index is 12.2. The number of benzene rings is 1. The first-order chi connectivity index (χ1) is 10.7. The van der Waals surface area contributed by atoms with Gasteiger partial charge in [-0.2, -0.15) is 10.5 Å². The summed E-state index contributed by atoms with van der Waals surface area (Å²) in [5, 5.41) is 20.7. The van der Waals surface area contributed by atoms with E-state index in [9.17, 15) is 4.79 Å². The monoisotopic (exact) mass is 292 g/mol. The fourth-order valence-electron chi connectivity index (χ4n) is 1.71. The first kappa shape index (κ1) is 16.7. The van der Waals surface area contributed by atoms with Crippen LogP contribution in [0, 0.1) is 22.7 Å². The van der Waals surface area contributed by atoms with E-state index in [1.807, 2.05) is 12.1 Å². The average molecular weight is 292 g/mol. The van der Waals surface area contributed by atoms with Crippen molar-refractivity contribution in [1.82, 2.24) is 4.90 Å². The van der Waals surface area contributed by atoms with E-state index < -0.39 is 5.91 Å². The van der Waals surface area contributed by atoms with Crippen molar-refractivity contribution in [3.05, 3.63) is 66.9 Å². The SMILES string of the molecule is C=CCN(/C=C(/C#N)C(=O)Nc1ccccc1C#N)CC=C. The van der Waals surface area contributed by atoms with E-state index >= 15 is 0 Å². The molecule has 0 aromatic heterocycles.